The number of nitriles is 1. The molecule has 3 heterocycles. The maximum atomic E-state index is 13.6. The Bertz CT molecular complexity index is 1560. The molecule has 41 heavy (non-hydrogen) atoms. The lowest BCUT2D eigenvalue weighted by molar-refractivity contribution is -0.117. The van der Waals surface area contributed by atoms with E-state index in [0.29, 0.717) is 43.1 Å². The number of rotatable bonds is 8. The second-order valence-corrected chi connectivity index (χ2v) is 13.0. The number of para-hydroxylation sites is 1. The Labute approximate surface area is 241 Å². The van der Waals surface area contributed by atoms with Crippen molar-refractivity contribution in [2.75, 3.05) is 26.2 Å². The molecule has 0 radical (unpaired) electrons. The second kappa shape index (κ2) is 12.4. The molecule has 2 aliphatic rings. The Morgan fingerprint density at radius 1 is 1.15 bits per heavy atom. The summed E-state index contributed by atoms with van der Waals surface area (Å²) in [5, 5.41) is 17.4. The van der Waals surface area contributed by atoms with Crippen molar-refractivity contribution in [1.82, 2.24) is 19.4 Å². The first-order valence-corrected chi connectivity index (χ1v) is 15.5. The zero-order chi connectivity index (χ0) is 29.0. The van der Waals surface area contributed by atoms with Crippen LogP contribution in [0.4, 0.5) is 0 Å². The zero-order valence-corrected chi connectivity index (χ0v) is 24.2. The summed E-state index contributed by atoms with van der Waals surface area (Å²) in [6, 6.07) is 18.2. The first-order chi connectivity index (χ1) is 19.7. The number of amides is 1. The molecule has 5 rings (SSSR count). The minimum atomic E-state index is -3.72. The average Bonchev–Trinajstić information content (AvgIpc) is 3.65. The Morgan fingerprint density at radius 3 is 2.59 bits per heavy atom. The van der Waals surface area contributed by atoms with Crippen LogP contribution in [0, 0.1) is 23.2 Å². The van der Waals surface area contributed by atoms with E-state index in [1.54, 1.807) is 39.4 Å². The summed E-state index contributed by atoms with van der Waals surface area (Å²) in [5.41, 5.74) is 2.27. The monoisotopic (exact) mass is 573 g/mol. The van der Waals surface area contributed by atoms with Crippen molar-refractivity contribution in [3.05, 3.63) is 71.9 Å². The van der Waals surface area contributed by atoms with E-state index in [1.165, 1.54) is 6.08 Å². The molecule has 3 unspecified atom stereocenters. The quantitative estimate of drug-likeness (QED) is 0.315. The molecule has 214 valence electrons. The van der Waals surface area contributed by atoms with Crippen molar-refractivity contribution >= 4 is 22.0 Å². The van der Waals surface area contributed by atoms with Gasteiger partial charge in [0.05, 0.1) is 16.7 Å². The highest BCUT2D eigenvalue weighted by molar-refractivity contribution is 7.89. The predicted octanol–water partition coefficient (Wildman–Crippen LogP) is 4.41. The highest BCUT2D eigenvalue weighted by atomic mass is 32.2. The van der Waals surface area contributed by atoms with Gasteiger partial charge in [0, 0.05) is 43.6 Å². The van der Waals surface area contributed by atoms with Gasteiger partial charge in [-0.15, -0.1) is 0 Å². The Morgan fingerprint density at radius 2 is 1.90 bits per heavy atom. The van der Waals surface area contributed by atoms with Gasteiger partial charge in [0.2, 0.25) is 10.0 Å². The summed E-state index contributed by atoms with van der Waals surface area (Å²) in [6.07, 6.45) is 6.02. The van der Waals surface area contributed by atoms with Crippen molar-refractivity contribution in [2.24, 2.45) is 11.8 Å². The van der Waals surface area contributed by atoms with E-state index in [2.05, 4.69) is 19.2 Å². The smallest absolute Gasteiger partial charge is 0.262 e. The van der Waals surface area contributed by atoms with Gasteiger partial charge in [-0.1, -0.05) is 44.2 Å². The van der Waals surface area contributed by atoms with Gasteiger partial charge in [-0.25, -0.2) is 13.1 Å². The molecule has 3 atom stereocenters. The molecule has 0 bridgehead atoms. The summed E-state index contributed by atoms with van der Waals surface area (Å²) in [4.78, 5) is 13.1. The van der Waals surface area contributed by atoms with E-state index < -0.39 is 15.9 Å². The van der Waals surface area contributed by atoms with E-state index >= 15 is 0 Å². The number of nitrogens with one attached hydrogen (secondary N) is 1. The summed E-state index contributed by atoms with van der Waals surface area (Å²) >= 11 is 0. The van der Waals surface area contributed by atoms with Crippen LogP contribution in [-0.4, -0.2) is 60.8 Å². The van der Waals surface area contributed by atoms with Crippen LogP contribution < -0.4 is 5.32 Å². The molecule has 1 N–H and O–H groups in total. The van der Waals surface area contributed by atoms with E-state index in [4.69, 9.17) is 9.84 Å². The molecule has 1 aromatic heterocycles. The predicted molar refractivity (Wildman–Crippen MR) is 156 cm³/mol. The number of hydrogen-bond donors (Lipinski definition) is 1. The number of benzene rings is 2. The molecule has 10 heteroatoms. The fourth-order valence-electron chi connectivity index (χ4n) is 5.60. The molecule has 2 aliphatic heterocycles. The van der Waals surface area contributed by atoms with Gasteiger partial charge < -0.3 is 10.1 Å². The first-order valence-electron chi connectivity index (χ1n) is 14.0. The van der Waals surface area contributed by atoms with Gasteiger partial charge >= 0.3 is 0 Å². The third-order valence-corrected chi connectivity index (χ3v) is 9.35. The second-order valence-electron chi connectivity index (χ2n) is 11.0. The largest absolute Gasteiger partial charge is 0.376 e. The lowest BCUT2D eigenvalue weighted by Crippen LogP contribution is -2.42. The molecule has 1 amide bonds. The van der Waals surface area contributed by atoms with Crippen LogP contribution in [0.2, 0.25) is 0 Å². The normalized spacial score (nSPS) is 21.9. The maximum absolute atomic E-state index is 13.6. The number of ether oxygens (including phenoxy) is 1. The minimum Gasteiger partial charge on any atom is -0.376 e. The van der Waals surface area contributed by atoms with Gasteiger partial charge in [0.1, 0.15) is 17.3 Å². The van der Waals surface area contributed by atoms with E-state index in [-0.39, 0.29) is 28.4 Å². The fourth-order valence-corrected chi connectivity index (χ4v) is 7.32. The van der Waals surface area contributed by atoms with Crippen molar-refractivity contribution < 1.29 is 17.9 Å². The summed E-state index contributed by atoms with van der Waals surface area (Å²) in [6.45, 7) is 6.14. The third-order valence-electron chi connectivity index (χ3n) is 7.52. The SMILES string of the molecule is CC1CC(C)CN(S(=O)(=O)c2cccc(-c3nn(-c4ccccc4)cc3/C=C(/C#N)C(=O)NCC3CCCO3)c2)C1. The van der Waals surface area contributed by atoms with Crippen molar-refractivity contribution in [1.29, 1.82) is 5.26 Å². The Hall–Kier alpha value is -3.78. The molecule has 0 saturated carbocycles. The third kappa shape index (κ3) is 6.59. The molecule has 3 aromatic rings. The number of sulfonamides is 1. The lowest BCUT2D eigenvalue weighted by atomic mass is 9.94. The van der Waals surface area contributed by atoms with E-state index in [0.717, 1.165) is 24.9 Å². The minimum absolute atomic E-state index is 0.0501. The average molecular weight is 574 g/mol. The van der Waals surface area contributed by atoms with Crippen LogP contribution in [-0.2, 0) is 19.6 Å². The fraction of sp³-hybridized carbons (Fsp3) is 0.387. The summed E-state index contributed by atoms with van der Waals surface area (Å²) < 4.78 is 36.1. The summed E-state index contributed by atoms with van der Waals surface area (Å²) in [7, 11) is -3.72. The maximum Gasteiger partial charge on any atom is 0.262 e. The highest BCUT2D eigenvalue weighted by Crippen LogP contribution is 2.31. The van der Waals surface area contributed by atoms with Gasteiger partial charge in [0.25, 0.3) is 5.91 Å². The number of hydrogen-bond acceptors (Lipinski definition) is 6. The molecule has 0 spiro atoms. The van der Waals surface area contributed by atoms with Gasteiger partial charge in [-0.2, -0.15) is 14.7 Å². The topological polar surface area (TPSA) is 117 Å². The van der Waals surface area contributed by atoms with Crippen LogP contribution in [0.25, 0.3) is 23.0 Å². The van der Waals surface area contributed by atoms with Gasteiger partial charge in [-0.3, -0.25) is 4.79 Å². The lowest BCUT2D eigenvalue weighted by Gasteiger charge is -2.34. The first kappa shape index (κ1) is 28.7. The van der Waals surface area contributed by atoms with Crippen molar-refractivity contribution in [3.8, 4) is 23.0 Å². The number of nitrogens with zero attached hydrogens (tertiary/aromatic N) is 4. The Kier molecular flexibility index (Phi) is 8.68. The number of carbonyl (C=O) groups excluding carboxylic acids is 1. The molecule has 9 nitrogen and oxygen atoms in total. The van der Waals surface area contributed by atoms with Crippen LogP contribution in [0.5, 0.6) is 0 Å². The molecule has 2 aromatic carbocycles. The van der Waals surface area contributed by atoms with E-state index in [9.17, 15) is 18.5 Å². The zero-order valence-electron chi connectivity index (χ0n) is 23.4. The van der Waals surface area contributed by atoms with E-state index in [1.807, 2.05) is 36.4 Å². The van der Waals surface area contributed by atoms with Crippen molar-refractivity contribution in [2.45, 2.75) is 44.1 Å². The number of piperidine rings is 1. The molecular formula is C31H35N5O4S. The summed E-state index contributed by atoms with van der Waals surface area (Å²) in [5.74, 6) is 0.0719. The highest BCUT2D eigenvalue weighted by Gasteiger charge is 2.32. The van der Waals surface area contributed by atoms with Gasteiger partial charge in [-0.05, 0) is 61.4 Å². The number of carbonyl (C=O) groups is 1. The Balaban J connectivity index is 1.51. The molecule has 2 fully saturated rings. The van der Waals surface area contributed by atoms with Crippen LogP contribution in [0.3, 0.4) is 0 Å². The molecule has 2 saturated heterocycles. The van der Waals surface area contributed by atoms with Crippen LogP contribution >= 0.6 is 0 Å². The van der Waals surface area contributed by atoms with Gasteiger partial charge in [0.15, 0.2) is 0 Å². The standard InChI is InChI=1S/C31H35N5O4S/c1-22-14-23(2)20-35(19-22)41(38,39)29-12-6-8-24(16-29)30-26(21-36(34-30)27-9-4-3-5-10-27)15-25(17-32)31(37)33-18-28-11-7-13-40-28/h3-6,8-10,12,15-16,21-23,28H,7,11,13-14,18-20H2,1-2H3,(H,33,37)/b25-15-. The number of aromatic nitrogens is 2. The molecule has 0 aliphatic carbocycles. The molecular weight excluding hydrogens is 538 g/mol. The van der Waals surface area contributed by atoms with Crippen LogP contribution in [0.1, 0.15) is 38.7 Å². The van der Waals surface area contributed by atoms with Crippen molar-refractivity contribution in [3.63, 3.8) is 0 Å². The van der Waals surface area contributed by atoms with Crippen LogP contribution in [0.15, 0.2) is 71.3 Å².